The average molecular weight is 288 g/mol. The van der Waals surface area contributed by atoms with E-state index in [-0.39, 0.29) is 11.5 Å². The van der Waals surface area contributed by atoms with Crippen LogP contribution in [-0.4, -0.2) is 39.7 Å². The Morgan fingerprint density at radius 3 is 2.06 bits per heavy atom. The van der Waals surface area contributed by atoms with Crippen molar-refractivity contribution in [3.05, 3.63) is 0 Å². The van der Waals surface area contributed by atoms with E-state index in [1.807, 2.05) is 0 Å². The lowest BCUT2D eigenvalue weighted by atomic mass is 9.94. The first-order valence-electron chi connectivity index (χ1n) is 4.31. The predicted octanol–water partition coefficient (Wildman–Crippen LogP) is -0.780. The van der Waals surface area contributed by atoms with E-state index in [0.717, 1.165) is 6.26 Å². The highest BCUT2D eigenvalue weighted by Gasteiger charge is 2.25. The molecule has 0 aliphatic rings. The van der Waals surface area contributed by atoms with Gasteiger partial charge in [-0.25, -0.2) is 21.6 Å². The minimum atomic E-state index is -3.86. The van der Waals surface area contributed by atoms with Gasteiger partial charge in [0.25, 0.3) is 0 Å². The smallest absolute Gasteiger partial charge is 0.226 e. The van der Waals surface area contributed by atoms with Crippen LogP contribution in [0.5, 0.6) is 0 Å². The molecule has 0 amide bonds. The van der Waals surface area contributed by atoms with Gasteiger partial charge in [-0.1, -0.05) is 26.1 Å². The van der Waals surface area contributed by atoms with Crippen molar-refractivity contribution < 1.29 is 16.8 Å². The Kier molecular flexibility index (Phi) is 4.87. The summed E-state index contributed by atoms with van der Waals surface area (Å²) in [6.45, 7) is 3.30. The topological polar surface area (TPSA) is 106 Å². The fourth-order valence-electron chi connectivity index (χ4n) is 0.701. The van der Waals surface area contributed by atoms with Gasteiger partial charge < -0.3 is 5.73 Å². The fraction of sp³-hybridized carbons (Fsp3) is 0.857. The number of nitrogens with two attached hydrogens (primary N) is 1. The van der Waals surface area contributed by atoms with Crippen LogP contribution in [0, 0.1) is 5.41 Å². The first-order chi connectivity index (χ1) is 6.86. The molecule has 0 saturated carbocycles. The molecule has 0 fully saturated rings. The second kappa shape index (κ2) is 4.94. The number of rotatable bonds is 6. The van der Waals surface area contributed by atoms with Crippen molar-refractivity contribution in [2.24, 2.45) is 11.1 Å². The first kappa shape index (κ1) is 15.8. The van der Waals surface area contributed by atoms with Crippen molar-refractivity contribution in [1.82, 2.24) is 4.72 Å². The molecule has 0 heterocycles. The van der Waals surface area contributed by atoms with Crippen molar-refractivity contribution in [3.63, 3.8) is 0 Å². The molecule has 0 rings (SSSR count). The van der Waals surface area contributed by atoms with Crippen LogP contribution in [0.1, 0.15) is 13.8 Å². The fourth-order valence-corrected chi connectivity index (χ4v) is 3.94. The maximum absolute atomic E-state index is 11.3. The van der Waals surface area contributed by atoms with Crippen molar-refractivity contribution in [2.45, 2.75) is 13.8 Å². The molecule has 6 nitrogen and oxygen atoms in total. The highest BCUT2D eigenvalue weighted by atomic mass is 32.3. The standard InChI is InChI=1S/C7H16N2O4S3/c1-7(2,6(8)14)4-9-16(12,13)5-15(3,10)11/h9H,4-5H2,1-3H3,(H2,8,14). The molecule has 0 atom stereocenters. The molecular formula is C7H16N2O4S3. The Balaban J connectivity index is 4.60. The molecule has 96 valence electrons. The van der Waals surface area contributed by atoms with Crippen LogP contribution >= 0.6 is 12.2 Å². The third kappa shape index (κ3) is 6.36. The monoisotopic (exact) mass is 288 g/mol. The minimum absolute atomic E-state index is 0.0276. The third-order valence-corrected chi connectivity index (χ3v) is 5.86. The Bertz CT molecular complexity index is 464. The molecule has 9 heteroatoms. The van der Waals surface area contributed by atoms with Gasteiger partial charge in [0.05, 0.1) is 4.99 Å². The number of sulfone groups is 1. The molecule has 0 saturated heterocycles. The molecule has 0 aliphatic carbocycles. The predicted molar refractivity (Wildman–Crippen MR) is 67.2 cm³/mol. The second-order valence-electron chi connectivity index (χ2n) is 4.23. The van der Waals surface area contributed by atoms with Gasteiger partial charge in [-0.3, -0.25) is 0 Å². The summed E-state index contributed by atoms with van der Waals surface area (Å²) in [5, 5.41) is -0.937. The summed E-state index contributed by atoms with van der Waals surface area (Å²) in [6, 6.07) is 0. The maximum atomic E-state index is 11.3. The minimum Gasteiger partial charge on any atom is -0.393 e. The summed E-state index contributed by atoms with van der Waals surface area (Å²) in [7, 11) is -7.44. The van der Waals surface area contributed by atoms with Crippen LogP contribution < -0.4 is 10.5 Å². The van der Waals surface area contributed by atoms with Crippen molar-refractivity contribution in [2.75, 3.05) is 17.9 Å². The SMILES string of the molecule is CC(C)(CNS(=O)(=O)CS(C)(=O)=O)C(N)=S. The summed E-state index contributed by atoms with van der Waals surface area (Å²) in [6.07, 6.45) is 0.852. The van der Waals surface area contributed by atoms with Crippen LogP contribution in [0.2, 0.25) is 0 Å². The zero-order chi connectivity index (χ0) is 13.2. The number of sulfonamides is 1. The quantitative estimate of drug-likeness (QED) is 0.621. The third-order valence-electron chi connectivity index (χ3n) is 1.77. The molecule has 0 radical (unpaired) electrons. The van der Waals surface area contributed by atoms with Crippen molar-refractivity contribution in [3.8, 4) is 0 Å². The Labute approximate surface area is 102 Å². The lowest BCUT2D eigenvalue weighted by molar-refractivity contribution is 0.502. The highest BCUT2D eigenvalue weighted by molar-refractivity contribution is 8.06. The van der Waals surface area contributed by atoms with E-state index in [9.17, 15) is 16.8 Å². The molecule has 0 aromatic carbocycles. The molecule has 0 aliphatic heterocycles. The van der Waals surface area contributed by atoms with E-state index in [0.29, 0.717) is 0 Å². The van der Waals surface area contributed by atoms with E-state index in [4.69, 9.17) is 18.0 Å². The molecular weight excluding hydrogens is 272 g/mol. The van der Waals surface area contributed by atoms with Crippen LogP contribution in [0.25, 0.3) is 0 Å². The van der Waals surface area contributed by atoms with Gasteiger partial charge in [-0.05, 0) is 0 Å². The van der Waals surface area contributed by atoms with Crippen molar-refractivity contribution >= 4 is 37.1 Å². The van der Waals surface area contributed by atoms with E-state index >= 15 is 0 Å². The number of thiocarbonyl (C=S) groups is 1. The normalized spacial score (nSPS) is 13.7. The van der Waals surface area contributed by atoms with Crippen LogP contribution in [0.4, 0.5) is 0 Å². The molecule has 0 bridgehead atoms. The second-order valence-corrected chi connectivity index (χ2v) is 8.98. The number of hydrogen-bond acceptors (Lipinski definition) is 5. The molecule has 0 spiro atoms. The van der Waals surface area contributed by atoms with Gasteiger partial charge in [-0.2, -0.15) is 0 Å². The molecule has 16 heavy (non-hydrogen) atoms. The average Bonchev–Trinajstić information content (AvgIpc) is 1.96. The maximum Gasteiger partial charge on any atom is 0.226 e. The van der Waals surface area contributed by atoms with Crippen LogP contribution in [0.15, 0.2) is 0 Å². The van der Waals surface area contributed by atoms with Gasteiger partial charge in [0, 0.05) is 18.2 Å². The van der Waals surface area contributed by atoms with Crippen molar-refractivity contribution in [1.29, 1.82) is 0 Å². The van der Waals surface area contributed by atoms with E-state index in [1.165, 1.54) is 0 Å². The summed E-state index contributed by atoms with van der Waals surface area (Å²) in [5.41, 5.74) is 4.71. The zero-order valence-corrected chi connectivity index (χ0v) is 11.8. The first-order valence-corrected chi connectivity index (χ1v) is 8.43. The van der Waals surface area contributed by atoms with Gasteiger partial charge in [-0.15, -0.1) is 0 Å². The van der Waals surface area contributed by atoms with Crippen LogP contribution in [0.3, 0.4) is 0 Å². The molecule has 0 unspecified atom stereocenters. The number of nitrogens with one attached hydrogen (secondary N) is 1. The summed E-state index contributed by atoms with van der Waals surface area (Å²) in [4.78, 5) is 0.162. The van der Waals surface area contributed by atoms with E-state index in [2.05, 4.69) is 4.72 Å². The highest BCUT2D eigenvalue weighted by Crippen LogP contribution is 2.14. The van der Waals surface area contributed by atoms with Gasteiger partial charge >= 0.3 is 0 Å². The molecule has 0 aromatic rings. The Morgan fingerprint density at radius 2 is 1.75 bits per heavy atom. The van der Waals surface area contributed by atoms with E-state index < -0.39 is 30.4 Å². The lowest BCUT2D eigenvalue weighted by Crippen LogP contribution is -2.42. The Hall–Kier alpha value is -0.250. The molecule has 3 N–H and O–H groups in total. The van der Waals surface area contributed by atoms with Gasteiger partial charge in [0.2, 0.25) is 10.0 Å². The Morgan fingerprint density at radius 1 is 1.31 bits per heavy atom. The largest absolute Gasteiger partial charge is 0.393 e. The summed E-state index contributed by atoms with van der Waals surface area (Å²) in [5.74, 6) is 0. The lowest BCUT2D eigenvalue weighted by Gasteiger charge is -2.23. The molecule has 0 aromatic heterocycles. The van der Waals surface area contributed by atoms with Gasteiger partial charge in [0.1, 0.15) is 0 Å². The van der Waals surface area contributed by atoms with E-state index in [1.54, 1.807) is 13.8 Å². The summed E-state index contributed by atoms with van der Waals surface area (Å²) < 4.78 is 46.5. The van der Waals surface area contributed by atoms with Gasteiger partial charge in [0.15, 0.2) is 14.9 Å². The number of hydrogen-bond donors (Lipinski definition) is 2. The summed E-state index contributed by atoms with van der Waals surface area (Å²) >= 11 is 4.75. The van der Waals surface area contributed by atoms with Crippen LogP contribution in [-0.2, 0) is 19.9 Å². The zero-order valence-electron chi connectivity index (χ0n) is 9.35.